The number of alkyl halides is 3. The van der Waals surface area contributed by atoms with Crippen LogP contribution >= 0.6 is 23.2 Å². The number of carbonyl (C=O) groups is 2. The largest absolute Gasteiger partial charge is 0.490 e. The number of hydrogen-bond donors (Lipinski definition) is 1. The summed E-state index contributed by atoms with van der Waals surface area (Å²) < 4.78 is 41.8. The van der Waals surface area contributed by atoms with Crippen LogP contribution in [-0.2, 0) is 16.0 Å². The molecular weight excluding hydrogens is 372 g/mol. The van der Waals surface area contributed by atoms with Crippen molar-refractivity contribution in [2.75, 3.05) is 13.1 Å². The van der Waals surface area contributed by atoms with Crippen molar-refractivity contribution in [1.82, 2.24) is 10.2 Å². The van der Waals surface area contributed by atoms with E-state index >= 15 is 0 Å². The first-order valence-electron chi connectivity index (χ1n) is 6.99. The van der Waals surface area contributed by atoms with E-state index in [0.717, 1.165) is 0 Å². The summed E-state index contributed by atoms with van der Waals surface area (Å²) in [5, 5.41) is 3.03. The lowest BCUT2D eigenvalue weighted by atomic mass is 9.91. The van der Waals surface area contributed by atoms with E-state index in [9.17, 15) is 22.8 Å². The lowest BCUT2D eigenvalue weighted by Crippen LogP contribution is -2.63. The molecule has 2 atom stereocenters. The van der Waals surface area contributed by atoms with E-state index in [0.29, 0.717) is 5.56 Å². The summed E-state index contributed by atoms with van der Waals surface area (Å²) in [7, 11) is 0. The Morgan fingerprint density at radius 1 is 1.33 bits per heavy atom. The van der Waals surface area contributed by atoms with Gasteiger partial charge >= 0.3 is 12.1 Å². The summed E-state index contributed by atoms with van der Waals surface area (Å²) in [4.78, 5) is 25.1. The second kappa shape index (κ2) is 6.09. The minimum Gasteiger partial charge on any atom is -0.438 e. The summed E-state index contributed by atoms with van der Waals surface area (Å²) in [6.07, 6.45) is -6.16. The maximum absolute atomic E-state index is 12.6. The third-order valence-corrected chi connectivity index (χ3v) is 4.80. The number of rotatable bonds is 1. The van der Waals surface area contributed by atoms with Crippen molar-refractivity contribution in [3.05, 3.63) is 33.3 Å². The minimum atomic E-state index is -5.10. The number of piperazine rings is 1. The molecule has 1 unspecified atom stereocenters. The maximum Gasteiger partial charge on any atom is 0.490 e. The fourth-order valence-corrected chi connectivity index (χ4v) is 3.35. The molecule has 24 heavy (non-hydrogen) atoms. The van der Waals surface area contributed by atoms with Crippen LogP contribution in [-0.4, -0.2) is 48.3 Å². The molecule has 1 N–H and O–H groups in total. The summed E-state index contributed by atoms with van der Waals surface area (Å²) in [6, 6.07) is 2.36. The highest BCUT2D eigenvalue weighted by atomic mass is 35.5. The Bertz CT molecular complexity index is 711. The molecule has 0 aromatic heterocycles. The number of nitrogens with one attached hydrogen (secondary N) is 1. The van der Waals surface area contributed by atoms with E-state index in [1.807, 2.05) is 0 Å². The Hall–Kier alpha value is -1.51. The first-order chi connectivity index (χ1) is 11.2. The highest BCUT2D eigenvalue weighted by Crippen LogP contribution is 2.35. The molecule has 0 saturated carbocycles. The Morgan fingerprint density at radius 2 is 2.04 bits per heavy atom. The first kappa shape index (κ1) is 17.3. The molecule has 2 aliphatic rings. The van der Waals surface area contributed by atoms with E-state index < -0.39 is 30.3 Å². The van der Waals surface area contributed by atoms with Gasteiger partial charge in [0, 0.05) is 13.1 Å². The number of halogens is 5. The van der Waals surface area contributed by atoms with Gasteiger partial charge in [-0.25, -0.2) is 4.79 Å². The molecule has 0 bridgehead atoms. The molecule has 130 valence electrons. The van der Waals surface area contributed by atoms with Gasteiger partial charge < -0.3 is 9.64 Å². The zero-order valence-corrected chi connectivity index (χ0v) is 13.5. The molecule has 2 aliphatic heterocycles. The van der Waals surface area contributed by atoms with Crippen LogP contribution in [0.2, 0.25) is 10.0 Å². The van der Waals surface area contributed by atoms with E-state index in [1.54, 1.807) is 6.07 Å². The molecule has 1 saturated heterocycles. The SMILES string of the molecule is O=C1c2c(ccc(Cl)c2Cl)C[C@@H]2C(OC(=O)C(F)(F)F)NCCN12. The number of nitrogens with zero attached hydrogens (tertiary/aromatic N) is 1. The van der Waals surface area contributed by atoms with Crippen molar-refractivity contribution in [2.45, 2.75) is 24.9 Å². The van der Waals surface area contributed by atoms with E-state index in [2.05, 4.69) is 10.1 Å². The number of amides is 1. The summed E-state index contributed by atoms with van der Waals surface area (Å²) >= 11 is 12.0. The molecule has 0 spiro atoms. The zero-order chi connectivity index (χ0) is 17.6. The van der Waals surface area contributed by atoms with Crippen molar-refractivity contribution in [1.29, 1.82) is 0 Å². The Balaban J connectivity index is 1.91. The van der Waals surface area contributed by atoms with Gasteiger partial charge in [0.15, 0.2) is 6.23 Å². The minimum absolute atomic E-state index is 0.111. The smallest absolute Gasteiger partial charge is 0.438 e. The quantitative estimate of drug-likeness (QED) is 0.757. The van der Waals surface area contributed by atoms with Crippen LogP contribution in [0.15, 0.2) is 12.1 Å². The molecule has 0 aliphatic carbocycles. The molecule has 1 aromatic carbocycles. The normalized spacial score (nSPS) is 23.5. The van der Waals surface area contributed by atoms with Crippen molar-refractivity contribution in [3.63, 3.8) is 0 Å². The van der Waals surface area contributed by atoms with Crippen LogP contribution < -0.4 is 5.32 Å². The third kappa shape index (κ3) is 2.94. The van der Waals surface area contributed by atoms with Crippen LogP contribution in [0.25, 0.3) is 0 Å². The second-order valence-corrected chi connectivity index (χ2v) is 6.23. The first-order valence-corrected chi connectivity index (χ1v) is 7.74. The number of esters is 1. The van der Waals surface area contributed by atoms with E-state index in [1.165, 1.54) is 11.0 Å². The molecule has 3 rings (SSSR count). The predicted octanol–water partition coefficient (Wildman–Crippen LogP) is 2.40. The molecule has 1 fully saturated rings. The second-order valence-electron chi connectivity index (χ2n) is 5.44. The highest BCUT2D eigenvalue weighted by molar-refractivity contribution is 6.44. The van der Waals surface area contributed by atoms with Gasteiger partial charge in [0.2, 0.25) is 0 Å². The van der Waals surface area contributed by atoms with E-state index in [4.69, 9.17) is 23.2 Å². The lowest BCUT2D eigenvalue weighted by molar-refractivity contribution is -0.210. The molecular formula is C14H11Cl2F3N2O3. The molecule has 5 nitrogen and oxygen atoms in total. The summed E-state index contributed by atoms with van der Waals surface area (Å²) in [5.74, 6) is -2.74. The van der Waals surface area contributed by atoms with Gasteiger partial charge in [0.1, 0.15) is 0 Å². The maximum atomic E-state index is 12.6. The average molecular weight is 383 g/mol. The number of ether oxygens (including phenoxy) is 1. The van der Waals surface area contributed by atoms with Crippen LogP contribution in [0.3, 0.4) is 0 Å². The van der Waals surface area contributed by atoms with Gasteiger partial charge in [-0.2, -0.15) is 13.2 Å². The predicted molar refractivity (Wildman–Crippen MR) is 78.9 cm³/mol. The zero-order valence-electron chi connectivity index (χ0n) is 12.0. The van der Waals surface area contributed by atoms with Crippen molar-refractivity contribution in [2.24, 2.45) is 0 Å². The van der Waals surface area contributed by atoms with Gasteiger partial charge in [-0.1, -0.05) is 29.3 Å². The van der Waals surface area contributed by atoms with Gasteiger partial charge in [0.25, 0.3) is 5.91 Å². The third-order valence-electron chi connectivity index (χ3n) is 4.00. The highest BCUT2D eigenvalue weighted by Gasteiger charge is 2.47. The van der Waals surface area contributed by atoms with Crippen LogP contribution in [0.1, 0.15) is 15.9 Å². The molecule has 2 heterocycles. The standard InChI is InChI=1S/C14H11Cl2F3N2O3/c15-7-2-1-6-5-8-11(24-13(23)14(17,18)19)20-3-4-21(8)12(22)9(6)10(7)16/h1-2,8,11,20H,3-5H2/t8-,11?/m1/s1. The monoisotopic (exact) mass is 382 g/mol. The fourth-order valence-electron chi connectivity index (χ4n) is 2.93. The average Bonchev–Trinajstić information content (AvgIpc) is 2.51. The van der Waals surface area contributed by atoms with Crippen LogP contribution in [0.5, 0.6) is 0 Å². The Morgan fingerprint density at radius 3 is 2.71 bits per heavy atom. The number of benzene rings is 1. The van der Waals surface area contributed by atoms with Gasteiger partial charge in [-0.15, -0.1) is 0 Å². The van der Waals surface area contributed by atoms with Crippen molar-refractivity contribution >= 4 is 35.1 Å². The van der Waals surface area contributed by atoms with Gasteiger partial charge in [0.05, 0.1) is 21.7 Å². The van der Waals surface area contributed by atoms with Crippen LogP contribution in [0, 0.1) is 0 Å². The fraction of sp³-hybridized carbons (Fsp3) is 0.429. The summed E-state index contributed by atoms with van der Waals surface area (Å²) in [5.41, 5.74) is 0.788. The van der Waals surface area contributed by atoms with Crippen molar-refractivity contribution in [3.8, 4) is 0 Å². The molecule has 0 radical (unpaired) electrons. The Labute approximate surface area is 144 Å². The number of carbonyl (C=O) groups excluding carboxylic acids is 2. The van der Waals surface area contributed by atoms with Crippen molar-refractivity contribution < 1.29 is 27.5 Å². The molecule has 10 heteroatoms. The number of hydrogen-bond acceptors (Lipinski definition) is 4. The van der Waals surface area contributed by atoms with E-state index in [-0.39, 0.29) is 35.1 Å². The number of fused-ring (bicyclic) bond motifs is 2. The molecule has 1 aromatic rings. The van der Waals surface area contributed by atoms with Gasteiger partial charge in [-0.3, -0.25) is 10.1 Å². The van der Waals surface area contributed by atoms with Crippen LogP contribution in [0.4, 0.5) is 13.2 Å². The lowest BCUT2D eigenvalue weighted by Gasteiger charge is -2.44. The van der Waals surface area contributed by atoms with Gasteiger partial charge in [-0.05, 0) is 18.1 Å². The summed E-state index contributed by atoms with van der Waals surface area (Å²) in [6.45, 7) is 0.442. The topological polar surface area (TPSA) is 58.6 Å². The Kier molecular flexibility index (Phi) is 4.39. The molecule has 1 amide bonds.